The first kappa shape index (κ1) is 17.2. The van der Waals surface area contributed by atoms with Crippen LogP contribution >= 0.6 is 11.3 Å². The van der Waals surface area contributed by atoms with E-state index in [1.54, 1.807) is 24.6 Å². The zero-order valence-corrected chi connectivity index (χ0v) is 14.9. The summed E-state index contributed by atoms with van der Waals surface area (Å²) in [6.45, 7) is 7.27. The van der Waals surface area contributed by atoms with Crippen molar-refractivity contribution in [3.8, 4) is 0 Å². The van der Waals surface area contributed by atoms with Crippen molar-refractivity contribution in [3.05, 3.63) is 17.5 Å². The number of sulfonamides is 1. The lowest BCUT2D eigenvalue weighted by atomic mass is 9.93. The molecule has 1 saturated heterocycles. The quantitative estimate of drug-likeness (QED) is 0.480. The number of hydrogen-bond donors (Lipinski definition) is 2. The summed E-state index contributed by atoms with van der Waals surface area (Å²) in [4.78, 5) is 6.49. The van der Waals surface area contributed by atoms with E-state index in [9.17, 15) is 8.42 Å². The fraction of sp³-hybridized carbons (Fsp3) is 0.643. The van der Waals surface area contributed by atoms with Crippen LogP contribution in [-0.2, 0) is 10.0 Å². The van der Waals surface area contributed by atoms with Gasteiger partial charge in [0.05, 0.1) is 0 Å². The number of nitrogens with one attached hydrogen (secondary N) is 2. The Morgan fingerprint density at radius 2 is 2.23 bits per heavy atom. The summed E-state index contributed by atoms with van der Waals surface area (Å²) in [5.74, 6) is 0.834. The molecular formula is C14H24N4O2S2. The number of rotatable bonds is 5. The van der Waals surface area contributed by atoms with Crippen LogP contribution < -0.4 is 10.0 Å². The standard InChI is InChI=1S/C14H24N4O2S2/c1-14(2)6-9-18(11-14)13(15-3)16-7-8-17-22(19,20)12-5-4-10-21-12/h4-5,10,17H,6-9,11H2,1-3H3,(H,15,16). The third-order valence-electron chi connectivity index (χ3n) is 3.65. The molecule has 0 saturated carbocycles. The van der Waals surface area contributed by atoms with Crippen LogP contribution in [0.1, 0.15) is 20.3 Å². The highest BCUT2D eigenvalue weighted by Crippen LogP contribution is 2.28. The van der Waals surface area contributed by atoms with Crippen molar-refractivity contribution in [2.75, 3.05) is 33.2 Å². The summed E-state index contributed by atoms with van der Waals surface area (Å²) in [6, 6.07) is 3.33. The van der Waals surface area contributed by atoms with E-state index in [0.29, 0.717) is 22.7 Å². The number of likely N-dealkylation sites (tertiary alicyclic amines) is 1. The van der Waals surface area contributed by atoms with Gasteiger partial charge in [-0.1, -0.05) is 19.9 Å². The Labute approximate surface area is 136 Å². The molecule has 0 radical (unpaired) electrons. The largest absolute Gasteiger partial charge is 0.355 e. The predicted molar refractivity (Wildman–Crippen MR) is 90.8 cm³/mol. The summed E-state index contributed by atoms with van der Waals surface area (Å²) in [5, 5.41) is 4.97. The number of thiophene rings is 1. The second-order valence-electron chi connectivity index (χ2n) is 6.14. The van der Waals surface area contributed by atoms with Crippen LogP contribution in [0.25, 0.3) is 0 Å². The van der Waals surface area contributed by atoms with E-state index in [-0.39, 0.29) is 0 Å². The van der Waals surface area contributed by atoms with Crippen LogP contribution in [0, 0.1) is 5.41 Å². The van der Waals surface area contributed by atoms with Crippen molar-refractivity contribution >= 4 is 27.3 Å². The average molecular weight is 345 g/mol. The molecule has 0 unspecified atom stereocenters. The van der Waals surface area contributed by atoms with Crippen molar-refractivity contribution in [2.24, 2.45) is 10.4 Å². The SMILES string of the molecule is CN=C(NCCNS(=O)(=O)c1cccs1)N1CCC(C)(C)C1. The smallest absolute Gasteiger partial charge is 0.250 e. The lowest BCUT2D eigenvalue weighted by Gasteiger charge is -2.23. The Bertz CT molecular complexity index is 609. The van der Waals surface area contributed by atoms with Gasteiger partial charge in [-0.05, 0) is 23.3 Å². The van der Waals surface area contributed by atoms with Gasteiger partial charge in [0.2, 0.25) is 10.0 Å². The van der Waals surface area contributed by atoms with Gasteiger partial charge in [0, 0.05) is 33.2 Å². The maximum Gasteiger partial charge on any atom is 0.250 e. The van der Waals surface area contributed by atoms with E-state index in [1.807, 2.05) is 0 Å². The van der Waals surface area contributed by atoms with Crippen LogP contribution in [0.15, 0.2) is 26.7 Å². The Morgan fingerprint density at radius 3 is 2.77 bits per heavy atom. The van der Waals surface area contributed by atoms with E-state index >= 15 is 0 Å². The first-order valence-corrected chi connectivity index (χ1v) is 9.69. The molecule has 1 aliphatic rings. The number of aliphatic imine (C=N–C) groups is 1. The molecule has 1 aliphatic heterocycles. The van der Waals surface area contributed by atoms with Crippen molar-refractivity contribution in [1.82, 2.24) is 14.9 Å². The van der Waals surface area contributed by atoms with Gasteiger partial charge in [0.1, 0.15) is 4.21 Å². The van der Waals surface area contributed by atoms with Crippen molar-refractivity contribution in [1.29, 1.82) is 0 Å². The van der Waals surface area contributed by atoms with Crippen LogP contribution in [-0.4, -0.2) is 52.5 Å². The second kappa shape index (κ2) is 6.97. The maximum absolute atomic E-state index is 12.0. The molecule has 0 atom stereocenters. The van der Waals surface area contributed by atoms with E-state index in [1.165, 1.54) is 11.3 Å². The van der Waals surface area contributed by atoms with E-state index in [2.05, 4.69) is 33.8 Å². The van der Waals surface area contributed by atoms with Gasteiger partial charge in [-0.25, -0.2) is 13.1 Å². The van der Waals surface area contributed by atoms with Crippen molar-refractivity contribution in [2.45, 2.75) is 24.5 Å². The van der Waals surface area contributed by atoms with E-state index < -0.39 is 10.0 Å². The first-order chi connectivity index (χ1) is 10.3. The van der Waals surface area contributed by atoms with Gasteiger partial charge in [-0.2, -0.15) is 0 Å². The van der Waals surface area contributed by atoms with Gasteiger partial charge < -0.3 is 10.2 Å². The Hall–Kier alpha value is -1.12. The minimum Gasteiger partial charge on any atom is -0.355 e. The third-order valence-corrected chi connectivity index (χ3v) is 6.51. The molecule has 2 heterocycles. The van der Waals surface area contributed by atoms with Crippen LogP contribution in [0.4, 0.5) is 0 Å². The zero-order chi connectivity index (χ0) is 16.2. The summed E-state index contributed by atoms with van der Waals surface area (Å²) < 4.78 is 26.9. The fourth-order valence-electron chi connectivity index (χ4n) is 2.47. The molecule has 0 aliphatic carbocycles. The summed E-state index contributed by atoms with van der Waals surface area (Å²) in [7, 11) is -1.63. The number of nitrogens with zero attached hydrogens (tertiary/aromatic N) is 2. The molecule has 8 heteroatoms. The molecule has 2 N–H and O–H groups in total. The third kappa shape index (κ3) is 4.44. The molecule has 0 bridgehead atoms. The molecule has 1 aromatic rings. The van der Waals surface area contributed by atoms with Gasteiger partial charge in [-0.3, -0.25) is 4.99 Å². The zero-order valence-electron chi connectivity index (χ0n) is 13.3. The van der Waals surface area contributed by atoms with Crippen molar-refractivity contribution in [3.63, 3.8) is 0 Å². The van der Waals surface area contributed by atoms with Crippen LogP contribution in [0.3, 0.4) is 0 Å². The summed E-state index contributed by atoms with van der Waals surface area (Å²) >= 11 is 1.22. The number of guanidine groups is 1. The fourth-order valence-corrected chi connectivity index (χ4v) is 4.54. The highest BCUT2D eigenvalue weighted by atomic mass is 32.2. The summed E-state index contributed by atoms with van der Waals surface area (Å²) in [6.07, 6.45) is 1.14. The molecule has 0 aromatic carbocycles. The highest BCUT2D eigenvalue weighted by Gasteiger charge is 2.30. The van der Waals surface area contributed by atoms with Crippen molar-refractivity contribution < 1.29 is 8.42 Å². The first-order valence-electron chi connectivity index (χ1n) is 7.33. The lowest BCUT2D eigenvalue weighted by Crippen LogP contribution is -2.43. The summed E-state index contributed by atoms with van der Waals surface area (Å²) in [5.41, 5.74) is 0.304. The molecule has 0 spiro atoms. The Kier molecular flexibility index (Phi) is 5.46. The molecular weight excluding hydrogens is 320 g/mol. The maximum atomic E-state index is 12.0. The van der Waals surface area contributed by atoms with Gasteiger partial charge >= 0.3 is 0 Å². The number of hydrogen-bond acceptors (Lipinski definition) is 4. The molecule has 22 heavy (non-hydrogen) atoms. The van der Waals surface area contributed by atoms with Gasteiger partial charge in [0.15, 0.2) is 5.96 Å². The molecule has 0 amide bonds. The second-order valence-corrected chi connectivity index (χ2v) is 9.08. The minimum atomic E-state index is -3.38. The highest BCUT2D eigenvalue weighted by molar-refractivity contribution is 7.91. The Balaban J connectivity index is 1.78. The lowest BCUT2D eigenvalue weighted by molar-refractivity contribution is 0.370. The monoisotopic (exact) mass is 344 g/mol. The van der Waals surface area contributed by atoms with Crippen LogP contribution in [0.2, 0.25) is 0 Å². The normalized spacial score (nSPS) is 18.7. The topological polar surface area (TPSA) is 73.8 Å². The predicted octanol–water partition coefficient (Wildman–Crippen LogP) is 1.33. The molecule has 124 valence electrons. The van der Waals surface area contributed by atoms with Gasteiger partial charge in [0.25, 0.3) is 0 Å². The molecule has 1 fully saturated rings. The molecule has 2 rings (SSSR count). The van der Waals surface area contributed by atoms with E-state index in [0.717, 1.165) is 25.5 Å². The molecule has 6 nitrogen and oxygen atoms in total. The minimum absolute atomic E-state index is 0.304. The van der Waals surface area contributed by atoms with Gasteiger partial charge in [-0.15, -0.1) is 11.3 Å². The van der Waals surface area contributed by atoms with E-state index in [4.69, 9.17) is 0 Å². The molecule has 1 aromatic heterocycles. The average Bonchev–Trinajstić information content (AvgIpc) is 3.08. The van der Waals surface area contributed by atoms with Crippen LogP contribution in [0.5, 0.6) is 0 Å². The Morgan fingerprint density at radius 1 is 1.45 bits per heavy atom.